The van der Waals surface area contributed by atoms with Crippen molar-refractivity contribution in [2.45, 2.75) is 12.6 Å². The van der Waals surface area contributed by atoms with E-state index in [9.17, 15) is 22.8 Å². The summed E-state index contributed by atoms with van der Waals surface area (Å²) in [5, 5.41) is 5.11. The number of anilines is 2. The Labute approximate surface area is 153 Å². The zero-order valence-corrected chi connectivity index (χ0v) is 14.7. The second kappa shape index (κ2) is 8.75. The minimum atomic E-state index is -4.48. The molecular formula is C18H17F3N2O2S. The highest BCUT2D eigenvalue weighted by Gasteiger charge is 2.30. The van der Waals surface area contributed by atoms with Crippen molar-refractivity contribution in [1.82, 2.24) is 0 Å². The molecule has 0 unspecified atom stereocenters. The first kappa shape index (κ1) is 19.8. The molecule has 0 saturated heterocycles. The van der Waals surface area contributed by atoms with Gasteiger partial charge in [0.25, 0.3) is 5.91 Å². The summed E-state index contributed by atoms with van der Waals surface area (Å²) in [6.07, 6.45) is -2.24. The van der Waals surface area contributed by atoms with Crippen molar-refractivity contribution in [2.75, 3.05) is 22.6 Å². The Morgan fingerprint density at radius 1 is 1.00 bits per heavy atom. The molecule has 138 valence electrons. The second-order valence-electron chi connectivity index (χ2n) is 5.40. The third-order valence-corrected chi connectivity index (χ3v) is 4.00. The van der Waals surface area contributed by atoms with Crippen LogP contribution in [0.3, 0.4) is 0 Å². The fraction of sp³-hybridized carbons (Fsp3) is 0.222. The summed E-state index contributed by atoms with van der Waals surface area (Å²) in [7, 11) is 0. The smallest absolute Gasteiger partial charge is 0.326 e. The molecule has 4 nitrogen and oxygen atoms in total. The molecule has 0 bridgehead atoms. The van der Waals surface area contributed by atoms with E-state index in [0.29, 0.717) is 17.9 Å². The molecule has 2 aromatic rings. The molecule has 2 rings (SSSR count). The number of hydrogen-bond donors (Lipinski definition) is 2. The number of carbonyl (C=O) groups is 2. The first-order valence-corrected chi connectivity index (χ1v) is 9.06. The molecule has 0 aromatic heterocycles. The largest absolute Gasteiger partial charge is 0.416 e. The number of halogens is 3. The minimum Gasteiger partial charge on any atom is -0.326 e. The molecule has 0 spiro atoms. The fourth-order valence-corrected chi connectivity index (χ4v) is 2.52. The number of amides is 2. The van der Waals surface area contributed by atoms with Crippen molar-refractivity contribution in [3.63, 3.8) is 0 Å². The number of benzene rings is 2. The van der Waals surface area contributed by atoms with Gasteiger partial charge in [-0.25, -0.2) is 0 Å². The third kappa shape index (κ3) is 5.80. The zero-order chi connectivity index (χ0) is 19.2. The van der Waals surface area contributed by atoms with Gasteiger partial charge in [-0.2, -0.15) is 24.9 Å². The Balaban J connectivity index is 2.08. The van der Waals surface area contributed by atoms with Gasteiger partial charge >= 0.3 is 6.18 Å². The molecule has 0 atom stereocenters. The molecular weight excluding hydrogens is 365 g/mol. The molecule has 2 amide bonds. The Kier molecular flexibility index (Phi) is 6.68. The Bertz CT molecular complexity index is 794. The lowest BCUT2D eigenvalue weighted by Gasteiger charge is -2.11. The summed E-state index contributed by atoms with van der Waals surface area (Å²) in [5.74, 6) is -0.0546. The number of nitrogens with one attached hydrogen (secondary N) is 2. The van der Waals surface area contributed by atoms with Crippen LogP contribution in [-0.4, -0.2) is 23.8 Å². The predicted molar refractivity (Wildman–Crippen MR) is 97.5 cm³/mol. The van der Waals surface area contributed by atoms with Crippen LogP contribution in [0.2, 0.25) is 0 Å². The van der Waals surface area contributed by atoms with Crippen molar-refractivity contribution in [2.24, 2.45) is 0 Å². The van der Waals surface area contributed by atoms with Gasteiger partial charge in [0.2, 0.25) is 5.91 Å². The van der Waals surface area contributed by atoms with E-state index in [-0.39, 0.29) is 17.2 Å². The van der Waals surface area contributed by atoms with Crippen molar-refractivity contribution in [1.29, 1.82) is 0 Å². The van der Waals surface area contributed by atoms with Crippen LogP contribution in [0.1, 0.15) is 22.3 Å². The minimum absolute atomic E-state index is 0.0410. The van der Waals surface area contributed by atoms with Gasteiger partial charge in [-0.3, -0.25) is 9.59 Å². The van der Waals surface area contributed by atoms with Gasteiger partial charge in [-0.15, -0.1) is 0 Å². The quantitative estimate of drug-likeness (QED) is 0.765. The topological polar surface area (TPSA) is 58.2 Å². The summed E-state index contributed by atoms with van der Waals surface area (Å²) in [5.41, 5.74) is -0.123. The predicted octanol–water partition coefficient (Wildman–Crippen LogP) is 4.65. The van der Waals surface area contributed by atoms with E-state index in [0.717, 1.165) is 12.1 Å². The molecule has 0 heterocycles. The van der Waals surface area contributed by atoms with Crippen LogP contribution < -0.4 is 10.6 Å². The molecule has 0 aliphatic carbocycles. The van der Waals surface area contributed by atoms with Crippen molar-refractivity contribution < 1.29 is 22.8 Å². The molecule has 2 aromatic carbocycles. The van der Waals surface area contributed by atoms with Crippen LogP contribution >= 0.6 is 11.8 Å². The van der Waals surface area contributed by atoms with Gasteiger partial charge in [0.05, 0.1) is 5.56 Å². The summed E-state index contributed by atoms with van der Waals surface area (Å²) < 4.78 is 38.2. The van der Waals surface area contributed by atoms with Crippen molar-refractivity contribution in [3.05, 3.63) is 59.7 Å². The molecule has 0 saturated carbocycles. The van der Waals surface area contributed by atoms with E-state index in [4.69, 9.17) is 0 Å². The van der Waals surface area contributed by atoms with Gasteiger partial charge in [0.1, 0.15) is 0 Å². The fourth-order valence-electron chi connectivity index (χ4n) is 2.13. The highest BCUT2D eigenvalue weighted by Crippen LogP contribution is 2.30. The van der Waals surface area contributed by atoms with Gasteiger partial charge in [-0.1, -0.05) is 12.1 Å². The molecule has 2 N–H and O–H groups in total. The van der Waals surface area contributed by atoms with E-state index in [1.165, 1.54) is 24.3 Å². The maximum atomic E-state index is 12.7. The zero-order valence-electron chi connectivity index (χ0n) is 13.9. The van der Waals surface area contributed by atoms with E-state index >= 15 is 0 Å². The second-order valence-corrected chi connectivity index (χ2v) is 6.39. The van der Waals surface area contributed by atoms with Gasteiger partial charge in [0.15, 0.2) is 0 Å². The van der Waals surface area contributed by atoms with Crippen molar-refractivity contribution >= 4 is 35.0 Å². The Hall–Kier alpha value is -2.48. The summed E-state index contributed by atoms with van der Waals surface area (Å²) in [6.45, 7) is 0. The van der Waals surface area contributed by atoms with Crippen LogP contribution in [0.5, 0.6) is 0 Å². The van der Waals surface area contributed by atoms with Crippen LogP contribution in [0, 0.1) is 0 Å². The standard InChI is InChI=1S/C18H17F3N2O2S/c1-26-9-8-16(24)22-14-6-2-4-12(10-14)17(25)23-15-7-3-5-13(11-15)18(19,20)21/h2-7,10-11H,8-9H2,1H3,(H,22,24)(H,23,25). The van der Waals surface area contributed by atoms with Gasteiger partial charge in [0, 0.05) is 29.1 Å². The van der Waals surface area contributed by atoms with Gasteiger partial charge < -0.3 is 10.6 Å². The Morgan fingerprint density at radius 2 is 1.65 bits per heavy atom. The summed E-state index contributed by atoms with van der Waals surface area (Å²) >= 11 is 1.55. The van der Waals surface area contributed by atoms with E-state index in [1.54, 1.807) is 23.9 Å². The summed E-state index contributed by atoms with van der Waals surface area (Å²) in [6, 6.07) is 10.6. The average Bonchev–Trinajstić information content (AvgIpc) is 2.59. The lowest BCUT2D eigenvalue weighted by atomic mass is 10.1. The molecule has 26 heavy (non-hydrogen) atoms. The number of rotatable bonds is 6. The van der Waals surface area contributed by atoms with Gasteiger partial charge in [-0.05, 0) is 42.7 Å². The van der Waals surface area contributed by atoms with E-state index in [2.05, 4.69) is 10.6 Å². The van der Waals surface area contributed by atoms with Crippen LogP contribution in [0.15, 0.2) is 48.5 Å². The molecule has 8 heteroatoms. The van der Waals surface area contributed by atoms with Crippen LogP contribution in [-0.2, 0) is 11.0 Å². The van der Waals surface area contributed by atoms with Crippen LogP contribution in [0.4, 0.5) is 24.5 Å². The normalized spacial score (nSPS) is 11.1. The highest BCUT2D eigenvalue weighted by molar-refractivity contribution is 7.98. The maximum Gasteiger partial charge on any atom is 0.416 e. The van der Waals surface area contributed by atoms with E-state index in [1.807, 2.05) is 6.26 Å². The maximum absolute atomic E-state index is 12.7. The highest BCUT2D eigenvalue weighted by atomic mass is 32.2. The number of hydrogen-bond acceptors (Lipinski definition) is 3. The molecule has 0 aliphatic heterocycles. The first-order chi connectivity index (χ1) is 12.3. The lowest BCUT2D eigenvalue weighted by molar-refractivity contribution is -0.137. The first-order valence-electron chi connectivity index (χ1n) is 7.67. The number of alkyl halides is 3. The average molecular weight is 382 g/mol. The third-order valence-electron chi connectivity index (χ3n) is 3.39. The van der Waals surface area contributed by atoms with E-state index < -0.39 is 17.6 Å². The molecule has 0 aliphatic rings. The molecule has 0 fully saturated rings. The Morgan fingerprint density at radius 3 is 2.31 bits per heavy atom. The SMILES string of the molecule is CSCCC(=O)Nc1cccc(C(=O)Nc2cccc(C(F)(F)F)c2)c1. The van der Waals surface area contributed by atoms with Crippen molar-refractivity contribution in [3.8, 4) is 0 Å². The van der Waals surface area contributed by atoms with Crippen LogP contribution in [0.25, 0.3) is 0 Å². The number of thioether (sulfide) groups is 1. The summed E-state index contributed by atoms with van der Waals surface area (Å²) in [4.78, 5) is 24.0. The molecule has 0 radical (unpaired) electrons. The monoisotopic (exact) mass is 382 g/mol. The number of carbonyl (C=O) groups excluding carboxylic acids is 2. The lowest BCUT2D eigenvalue weighted by Crippen LogP contribution is -2.15.